The highest BCUT2D eigenvalue weighted by Crippen LogP contribution is 2.25. The highest BCUT2D eigenvalue weighted by molar-refractivity contribution is 5.76. The Labute approximate surface area is 134 Å². The normalized spacial score (nSPS) is 18.3. The number of amides is 1. The summed E-state index contributed by atoms with van der Waals surface area (Å²) in [6, 6.07) is 0. The van der Waals surface area contributed by atoms with E-state index in [1.807, 2.05) is 16.5 Å². The Balaban J connectivity index is 1.50. The maximum atomic E-state index is 12.4. The number of nitrogens with zero attached hydrogens (tertiary/aromatic N) is 6. The van der Waals surface area contributed by atoms with E-state index >= 15 is 0 Å². The van der Waals surface area contributed by atoms with E-state index in [9.17, 15) is 4.79 Å². The molecule has 1 amide bonds. The van der Waals surface area contributed by atoms with Crippen LogP contribution in [0.15, 0.2) is 10.9 Å². The molecule has 2 aromatic rings. The summed E-state index contributed by atoms with van der Waals surface area (Å²) in [5, 5.41) is 11.9. The number of carbonyl (C=O) groups excluding carboxylic acids is 1. The topological polar surface area (TPSA) is 89.9 Å². The van der Waals surface area contributed by atoms with Gasteiger partial charge in [0.25, 0.3) is 0 Å². The first kappa shape index (κ1) is 15.6. The molecule has 1 saturated heterocycles. The Bertz CT molecular complexity index is 664. The average Bonchev–Trinajstić information content (AvgIpc) is 3.16. The van der Waals surface area contributed by atoms with Crippen molar-refractivity contribution in [2.45, 2.75) is 44.9 Å². The second kappa shape index (κ2) is 6.89. The third kappa shape index (κ3) is 3.75. The zero-order valence-electron chi connectivity index (χ0n) is 13.6. The van der Waals surface area contributed by atoms with Gasteiger partial charge < -0.3 is 14.0 Å². The SMILES string of the molecule is Cc1noc(CCCC(=O)N2CCCC(c3nncn3C)C2)n1. The van der Waals surface area contributed by atoms with Crippen LogP contribution < -0.4 is 0 Å². The first-order valence-corrected chi connectivity index (χ1v) is 8.04. The summed E-state index contributed by atoms with van der Waals surface area (Å²) < 4.78 is 7.01. The van der Waals surface area contributed by atoms with Gasteiger partial charge in [-0.05, 0) is 26.2 Å². The predicted molar refractivity (Wildman–Crippen MR) is 81.5 cm³/mol. The lowest BCUT2D eigenvalue weighted by molar-refractivity contribution is -0.132. The first-order valence-electron chi connectivity index (χ1n) is 8.04. The minimum atomic E-state index is 0.188. The third-order valence-corrected chi connectivity index (χ3v) is 4.24. The Morgan fingerprint density at radius 2 is 2.35 bits per heavy atom. The Morgan fingerprint density at radius 1 is 1.48 bits per heavy atom. The zero-order valence-corrected chi connectivity index (χ0v) is 13.6. The molecule has 0 N–H and O–H groups in total. The van der Waals surface area contributed by atoms with Gasteiger partial charge >= 0.3 is 0 Å². The van der Waals surface area contributed by atoms with Crippen LogP contribution in [-0.2, 0) is 18.3 Å². The van der Waals surface area contributed by atoms with Gasteiger partial charge in [-0.15, -0.1) is 10.2 Å². The van der Waals surface area contributed by atoms with E-state index in [1.165, 1.54) is 0 Å². The number of piperidine rings is 1. The Kier molecular flexibility index (Phi) is 4.68. The largest absolute Gasteiger partial charge is 0.342 e. The molecule has 124 valence electrons. The molecular formula is C15H22N6O2. The van der Waals surface area contributed by atoms with Gasteiger partial charge in [0.05, 0.1) is 0 Å². The van der Waals surface area contributed by atoms with Crippen molar-refractivity contribution in [3.8, 4) is 0 Å². The first-order chi connectivity index (χ1) is 11.1. The minimum Gasteiger partial charge on any atom is -0.342 e. The van der Waals surface area contributed by atoms with Gasteiger partial charge in [-0.25, -0.2) is 0 Å². The number of likely N-dealkylation sites (tertiary alicyclic amines) is 1. The van der Waals surface area contributed by atoms with Crippen LogP contribution in [0.5, 0.6) is 0 Å². The standard InChI is InChI=1S/C15H22N6O2/c1-11-17-13(23-19-11)6-3-7-14(22)21-8-4-5-12(9-21)15-18-16-10-20(15)2/h10,12H,3-9H2,1-2H3. The molecule has 0 saturated carbocycles. The van der Waals surface area contributed by atoms with Crippen LogP contribution in [0.2, 0.25) is 0 Å². The van der Waals surface area contributed by atoms with Crippen molar-refractivity contribution in [1.82, 2.24) is 29.8 Å². The maximum Gasteiger partial charge on any atom is 0.226 e. The molecule has 0 bridgehead atoms. The molecule has 2 aromatic heterocycles. The molecule has 23 heavy (non-hydrogen) atoms. The van der Waals surface area contributed by atoms with Crippen LogP contribution in [-0.4, -0.2) is 48.8 Å². The molecule has 8 nitrogen and oxygen atoms in total. The fourth-order valence-electron chi connectivity index (χ4n) is 3.07. The summed E-state index contributed by atoms with van der Waals surface area (Å²) in [5.74, 6) is 2.66. The molecular weight excluding hydrogens is 296 g/mol. The molecule has 3 heterocycles. The molecule has 1 unspecified atom stereocenters. The molecule has 1 aliphatic rings. The maximum absolute atomic E-state index is 12.4. The van der Waals surface area contributed by atoms with Crippen molar-refractivity contribution in [1.29, 1.82) is 0 Å². The number of hydrogen-bond donors (Lipinski definition) is 0. The van der Waals surface area contributed by atoms with Gasteiger partial charge in [0.2, 0.25) is 11.8 Å². The van der Waals surface area contributed by atoms with E-state index < -0.39 is 0 Å². The number of aromatic nitrogens is 5. The summed E-state index contributed by atoms with van der Waals surface area (Å²) in [7, 11) is 1.95. The molecule has 0 spiro atoms. The highest BCUT2D eigenvalue weighted by Gasteiger charge is 2.27. The van der Waals surface area contributed by atoms with Crippen LogP contribution >= 0.6 is 0 Å². The fourth-order valence-corrected chi connectivity index (χ4v) is 3.07. The minimum absolute atomic E-state index is 0.188. The summed E-state index contributed by atoms with van der Waals surface area (Å²) in [6.45, 7) is 3.34. The van der Waals surface area contributed by atoms with Crippen LogP contribution in [0.25, 0.3) is 0 Å². The van der Waals surface area contributed by atoms with E-state index in [4.69, 9.17) is 4.52 Å². The second-order valence-corrected chi connectivity index (χ2v) is 6.07. The molecule has 0 aromatic carbocycles. The van der Waals surface area contributed by atoms with E-state index in [-0.39, 0.29) is 11.8 Å². The van der Waals surface area contributed by atoms with Crippen LogP contribution in [0.1, 0.15) is 49.1 Å². The molecule has 0 aliphatic carbocycles. The summed E-state index contributed by atoms with van der Waals surface area (Å²) in [6.07, 6.45) is 5.65. The van der Waals surface area contributed by atoms with Crippen LogP contribution in [0, 0.1) is 6.92 Å². The zero-order chi connectivity index (χ0) is 16.2. The average molecular weight is 318 g/mol. The van der Waals surface area contributed by atoms with Gasteiger partial charge in [-0.2, -0.15) is 4.98 Å². The molecule has 1 atom stereocenters. The molecule has 3 rings (SSSR count). The van der Waals surface area contributed by atoms with Crippen molar-refractivity contribution in [3.63, 3.8) is 0 Å². The van der Waals surface area contributed by atoms with Crippen molar-refractivity contribution < 1.29 is 9.32 Å². The van der Waals surface area contributed by atoms with Gasteiger partial charge in [0, 0.05) is 38.9 Å². The smallest absolute Gasteiger partial charge is 0.226 e. The van der Waals surface area contributed by atoms with E-state index in [2.05, 4.69) is 20.3 Å². The van der Waals surface area contributed by atoms with E-state index in [0.717, 1.165) is 38.2 Å². The lowest BCUT2D eigenvalue weighted by Gasteiger charge is -2.32. The van der Waals surface area contributed by atoms with Crippen LogP contribution in [0.4, 0.5) is 0 Å². The van der Waals surface area contributed by atoms with Crippen LogP contribution in [0.3, 0.4) is 0 Å². The predicted octanol–water partition coefficient (Wildman–Crippen LogP) is 1.24. The summed E-state index contributed by atoms with van der Waals surface area (Å²) in [4.78, 5) is 18.5. The monoisotopic (exact) mass is 318 g/mol. The van der Waals surface area contributed by atoms with E-state index in [1.54, 1.807) is 13.3 Å². The third-order valence-electron chi connectivity index (χ3n) is 4.24. The number of aryl methyl sites for hydroxylation is 3. The van der Waals surface area contributed by atoms with Crippen molar-refractivity contribution >= 4 is 5.91 Å². The van der Waals surface area contributed by atoms with E-state index in [0.29, 0.717) is 24.6 Å². The Hall–Kier alpha value is -2.25. The quantitative estimate of drug-likeness (QED) is 0.824. The fraction of sp³-hybridized carbons (Fsp3) is 0.667. The van der Waals surface area contributed by atoms with Gasteiger partial charge in [0.1, 0.15) is 12.2 Å². The lowest BCUT2D eigenvalue weighted by Crippen LogP contribution is -2.39. The molecule has 8 heteroatoms. The second-order valence-electron chi connectivity index (χ2n) is 6.07. The number of carbonyl (C=O) groups is 1. The number of hydrogen-bond acceptors (Lipinski definition) is 6. The number of rotatable bonds is 5. The van der Waals surface area contributed by atoms with Gasteiger partial charge in [0.15, 0.2) is 5.82 Å². The summed E-state index contributed by atoms with van der Waals surface area (Å²) in [5.41, 5.74) is 0. The van der Waals surface area contributed by atoms with Crippen molar-refractivity contribution in [2.24, 2.45) is 7.05 Å². The van der Waals surface area contributed by atoms with Gasteiger partial charge in [-0.1, -0.05) is 5.16 Å². The molecule has 0 radical (unpaired) electrons. The van der Waals surface area contributed by atoms with Crippen molar-refractivity contribution in [3.05, 3.63) is 23.9 Å². The molecule has 1 aliphatic heterocycles. The highest BCUT2D eigenvalue weighted by atomic mass is 16.5. The lowest BCUT2D eigenvalue weighted by atomic mass is 9.96. The van der Waals surface area contributed by atoms with Gasteiger partial charge in [-0.3, -0.25) is 4.79 Å². The van der Waals surface area contributed by atoms with Crippen molar-refractivity contribution in [2.75, 3.05) is 13.1 Å². The Morgan fingerprint density at radius 3 is 3.04 bits per heavy atom. The molecule has 1 fully saturated rings. The summed E-state index contributed by atoms with van der Waals surface area (Å²) >= 11 is 0.